The van der Waals surface area contributed by atoms with Gasteiger partial charge in [-0.1, -0.05) is 43.5 Å². The van der Waals surface area contributed by atoms with Gasteiger partial charge in [-0.05, 0) is 37.8 Å². The molecule has 4 nitrogen and oxygen atoms in total. The zero-order valence-corrected chi connectivity index (χ0v) is 14.7. The van der Waals surface area contributed by atoms with Crippen molar-refractivity contribution in [2.24, 2.45) is 0 Å². The van der Waals surface area contributed by atoms with E-state index in [1.54, 1.807) is 11.8 Å². The summed E-state index contributed by atoms with van der Waals surface area (Å²) in [5.41, 5.74) is 2.45. The molecule has 1 aromatic rings. The van der Waals surface area contributed by atoms with E-state index < -0.39 is 0 Å². The lowest BCUT2D eigenvalue weighted by molar-refractivity contribution is -0.119. The molecular formula is C18H26N2O2S. The predicted octanol–water partition coefficient (Wildman–Crippen LogP) is 3.78. The summed E-state index contributed by atoms with van der Waals surface area (Å²) in [5.74, 6) is 0.544. The Morgan fingerprint density at radius 1 is 1.22 bits per heavy atom. The highest BCUT2D eigenvalue weighted by atomic mass is 32.2. The number of hydrogen-bond donors (Lipinski definition) is 2. The monoisotopic (exact) mass is 334 g/mol. The van der Waals surface area contributed by atoms with Crippen molar-refractivity contribution in [3.63, 3.8) is 0 Å². The van der Waals surface area contributed by atoms with Crippen LogP contribution in [-0.2, 0) is 10.5 Å². The largest absolute Gasteiger partial charge is 0.335 e. The molecule has 3 amide bonds. The minimum absolute atomic E-state index is 0.214. The molecule has 0 unspecified atom stereocenters. The van der Waals surface area contributed by atoms with Crippen molar-refractivity contribution in [1.29, 1.82) is 0 Å². The highest BCUT2D eigenvalue weighted by Gasteiger charge is 2.20. The van der Waals surface area contributed by atoms with Gasteiger partial charge in [-0.25, -0.2) is 4.79 Å². The Hall–Kier alpha value is -1.49. The van der Waals surface area contributed by atoms with Crippen molar-refractivity contribution >= 4 is 23.7 Å². The van der Waals surface area contributed by atoms with Gasteiger partial charge in [0.05, 0.1) is 5.25 Å². The van der Waals surface area contributed by atoms with Gasteiger partial charge in [0.15, 0.2) is 0 Å². The van der Waals surface area contributed by atoms with Crippen LogP contribution in [0.4, 0.5) is 4.79 Å². The molecule has 2 N–H and O–H groups in total. The Bertz CT molecular complexity index is 542. The minimum atomic E-state index is -0.356. The minimum Gasteiger partial charge on any atom is -0.335 e. The number of benzene rings is 1. The van der Waals surface area contributed by atoms with Crippen LogP contribution in [0.3, 0.4) is 0 Å². The Labute approximate surface area is 142 Å². The second kappa shape index (κ2) is 8.96. The average molecular weight is 334 g/mol. The quantitative estimate of drug-likeness (QED) is 0.861. The molecule has 1 aromatic carbocycles. The Balaban J connectivity index is 1.73. The molecule has 0 bridgehead atoms. The predicted molar refractivity (Wildman–Crippen MR) is 95.5 cm³/mol. The van der Waals surface area contributed by atoms with Crippen LogP contribution >= 0.6 is 11.8 Å². The fraction of sp³-hybridized carbons (Fsp3) is 0.556. The van der Waals surface area contributed by atoms with Gasteiger partial charge in [0.25, 0.3) is 0 Å². The molecule has 23 heavy (non-hydrogen) atoms. The third-order valence-electron chi connectivity index (χ3n) is 4.30. The molecular weight excluding hydrogens is 308 g/mol. The van der Waals surface area contributed by atoms with Gasteiger partial charge in [0.1, 0.15) is 0 Å². The van der Waals surface area contributed by atoms with E-state index in [1.165, 1.54) is 17.5 Å². The molecule has 5 heteroatoms. The number of nitrogens with one attached hydrogen (secondary N) is 2. The molecule has 1 aliphatic carbocycles. The maximum Gasteiger partial charge on any atom is 0.321 e. The number of aryl methyl sites for hydroxylation is 1. The van der Waals surface area contributed by atoms with E-state index in [0.717, 1.165) is 31.4 Å². The van der Waals surface area contributed by atoms with Gasteiger partial charge in [-0.3, -0.25) is 10.1 Å². The first-order valence-corrected chi connectivity index (χ1v) is 9.38. The normalized spacial score (nSPS) is 16.6. The van der Waals surface area contributed by atoms with Gasteiger partial charge in [-0.2, -0.15) is 0 Å². The molecule has 2 rings (SSSR count). The van der Waals surface area contributed by atoms with E-state index in [2.05, 4.69) is 29.7 Å². The standard InChI is InChI=1S/C18H26N2O2S/c1-13-8-6-7-9-15(13)12-23-14(2)17(21)20-18(22)19-16-10-4-3-5-11-16/h6-9,14,16H,3-5,10-12H2,1-2H3,(H2,19,20,21,22)/t14-/m1/s1. The summed E-state index contributed by atoms with van der Waals surface area (Å²) < 4.78 is 0. The topological polar surface area (TPSA) is 58.2 Å². The molecule has 1 aliphatic rings. The summed E-state index contributed by atoms with van der Waals surface area (Å²) in [7, 11) is 0. The number of hydrogen-bond acceptors (Lipinski definition) is 3. The lowest BCUT2D eigenvalue weighted by Crippen LogP contribution is -2.47. The third kappa shape index (κ3) is 5.90. The first kappa shape index (κ1) is 17.9. The molecule has 0 saturated heterocycles. The van der Waals surface area contributed by atoms with Gasteiger partial charge >= 0.3 is 6.03 Å². The molecule has 0 radical (unpaired) electrons. The van der Waals surface area contributed by atoms with Crippen LogP contribution in [0.2, 0.25) is 0 Å². The number of carbonyl (C=O) groups is 2. The van der Waals surface area contributed by atoms with Crippen LogP contribution in [0.1, 0.15) is 50.2 Å². The Kier molecular flexibility index (Phi) is 6.96. The lowest BCUT2D eigenvalue weighted by atomic mass is 9.96. The summed E-state index contributed by atoms with van der Waals surface area (Å²) in [6.45, 7) is 3.91. The fourth-order valence-electron chi connectivity index (χ4n) is 2.74. The number of thioether (sulfide) groups is 1. The smallest absolute Gasteiger partial charge is 0.321 e. The van der Waals surface area contributed by atoms with Crippen molar-refractivity contribution in [2.75, 3.05) is 0 Å². The molecule has 0 aromatic heterocycles. The SMILES string of the molecule is Cc1ccccc1CS[C@H](C)C(=O)NC(=O)NC1CCCCC1. The van der Waals surface area contributed by atoms with E-state index in [0.29, 0.717) is 0 Å². The van der Waals surface area contributed by atoms with E-state index >= 15 is 0 Å². The number of rotatable bonds is 5. The van der Waals surface area contributed by atoms with E-state index in [1.807, 2.05) is 19.1 Å². The molecule has 0 heterocycles. The maximum absolute atomic E-state index is 12.1. The second-order valence-electron chi connectivity index (χ2n) is 6.18. The van der Waals surface area contributed by atoms with Crippen molar-refractivity contribution in [3.8, 4) is 0 Å². The van der Waals surface area contributed by atoms with Crippen molar-refractivity contribution in [1.82, 2.24) is 10.6 Å². The summed E-state index contributed by atoms with van der Waals surface area (Å²) in [4.78, 5) is 24.0. The van der Waals surface area contributed by atoms with Crippen LogP contribution in [-0.4, -0.2) is 23.2 Å². The molecule has 1 saturated carbocycles. The number of imide groups is 1. The van der Waals surface area contributed by atoms with Crippen molar-refractivity contribution < 1.29 is 9.59 Å². The third-order valence-corrected chi connectivity index (χ3v) is 5.49. The fourth-order valence-corrected chi connectivity index (χ4v) is 3.71. The van der Waals surface area contributed by atoms with Gasteiger partial charge in [0.2, 0.25) is 5.91 Å². The van der Waals surface area contributed by atoms with Crippen LogP contribution in [0.5, 0.6) is 0 Å². The first-order chi connectivity index (χ1) is 11.1. The van der Waals surface area contributed by atoms with Crippen LogP contribution in [0, 0.1) is 6.92 Å². The summed E-state index contributed by atoms with van der Waals surface area (Å²) in [6, 6.07) is 8.01. The maximum atomic E-state index is 12.1. The summed E-state index contributed by atoms with van der Waals surface area (Å²) >= 11 is 1.55. The average Bonchev–Trinajstić information content (AvgIpc) is 2.54. The Morgan fingerprint density at radius 3 is 2.61 bits per heavy atom. The number of urea groups is 1. The number of amides is 3. The second-order valence-corrected chi connectivity index (χ2v) is 7.51. The first-order valence-electron chi connectivity index (χ1n) is 8.33. The van der Waals surface area contributed by atoms with Crippen LogP contribution in [0.25, 0.3) is 0 Å². The van der Waals surface area contributed by atoms with Crippen LogP contribution < -0.4 is 10.6 Å². The zero-order chi connectivity index (χ0) is 16.7. The van der Waals surface area contributed by atoms with Gasteiger partial charge in [0, 0.05) is 11.8 Å². The summed E-state index contributed by atoms with van der Waals surface area (Å²) in [5, 5.41) is 5.12. The highest BCUT2D eigenvalue weighted by Crippen LogP contribution is 2.20. The number of carbonyl (C=O) groups excluding carboxylic acids is 2. The van der Waals surface area contributed by atoms with Gasteiger partial charge in [-0.15, -0.1) is 11.8 Å². The van der Waals surface area contributed by atoms with Crippen LogP contribution in [0.15, 0.2) is 24.3 Å². The van der Waals surface area contributed by atoms with E-state index in [-0.39, 0.29) is 23.2 Å². The van der Waals surface area contributed by atoms with E-state index in [4.69, 9.17) is 0 Å². The van der Waals surface area contributed by atoms with Crippen molar-refractivity contribution in [2.45, 2.75) is 63.0 Å². The summed E-state index contributed by atoms with van der Waals surface area (Å²) in [6.07, 6.45) is 5.58. The zero-order valence-electron chi connectivity index (χ0n) is 13.9. The molecule has 0 aliphatic heterocycles. The van der Waals surface area contributed by atoms with Gasteiger partial charge < -0.3 is 5.32 Å². The van der Waals surface area contributed by atoms with E-state index in [9.17, 15) is 9.59 Å². The molecule has 126 valence electrons. The lowest BCUT2D eigenvalue weighted by Gasteiger charge is -2.23. The highest BCUT2D eigenvalue weighted by molar-refractivity contribution is 7.99. The molecule has 1 fully saturated rings. The molecule has 1 atom stereocenters. The Morgan fingerprint density at radius 2 is 1.91 bits per heavy atom. The molecule has 0 spiro atoms. The van der Waals surface area contributed by atoms with Crippen molar-refractivity contribution in [3.05, 3.63) is 35.4 Å².